The lowest BCUT2D eigenvalue weighted by Gasteiger charge is -2.16. The first kappa shape index (κ1) is 16.3. The van der Waals surface area contributed by atoms with Crippen molar-refractivity contribution >= 4 is 16.5 Å². The fourth-order valence-corrected chi connectivity index (χ4v) is 2.87. The molecule has 0 atom stereocenters. The molecule has 3 rings (SSSR count). The summed E-state index contributed by atoms with van der Waals surface area (Å²) in [4.78, 5) is 4.25. The molecule has 3 aromatic rings. The molecule has 0 radical (unpaired) electrons. The Morgan fingerprint density at radius 2 is 1.92 bits per heavy atom. The molecule has 0 saturated carbocycles. The summed E-state index contributed by atoms with van der Waals surface area (Å²) in [6.07, 6.45) is 1.79. The van der Waals surface area contributed by atoms with Gasteiger partial charge >= 0.3 is 0 Å². The molecule has 124 valence electrons. The second-order valence-corrected chi connectivity index (χ2v) is 6.04. The SMILES string of the molecule is CCOc1cccc(CNc2nccs2)c1OCc1ccccc1. The van der Waals surface area contributed by atoms with Crippen molar-refractivity contribution in [3.63, 3.8) is 0 Å². The summed E-state index contributed by atoms with van der Waals surface area (Å²) in [6.45, 7) is 3.72. The monoisotopic (exact) mass is 340 g/mol. The van der Waals surface area contributed by atoms with Gasteiger partial charge < -0.3 is 14.8 Å². The van der Waals surface area contributed by atoms with Crippen molar-refractivity contribution in [2.45, 2.75) is 20.1 Å². The first-order valence-electron chi connectivity index (χ1n) is 7.91. The van der Waals surface area contributed by atoms with Crippen LogP contribution in [-0.2, 0) is 13.2 Å². The largest absolute Gasteiger partial charge is 0.490 e. The zero-order valence-corrected chi connectivity index (χ0v) is 14.4. The van der Waals surface area contributed by atoms with E-state index in [1.54, 1.807) is 17.5 Å². The van der Waals surface area contributed by atoms with E-state index in [1.165, 1.54) is 0 Å². The molecule has 1 N–H and O–H groups in total. The van der Waals surface area contributed by atoms with Gasteiger partial charge in [0.15, 0.2) is 16.6 Å². The lowest BCUT2D eigenvalue weighted by atomic mass is 10.1. The highest BCUT2D eigenvalue weighted by atomic mass is 32.1. The summed E-state index contributed by atoms with van der Waals surface area (Å²) in [5.41, 5.74) is 2.18. The van der Waals surface area contributed by atoms with E-state index < -0.39 is 0 Å². The number of anilines is 1. The van der Waals surface area contributed by atoms with Crippen LogP contribution in [0.25, 0.3) is 0 Å². The van der Waals surface area contributed by atoms with Gasteiger partial charge in [-0.1, -0.05) is 42.5 Å². The van der Waals surface area contributed by atoms with E-state index in [2.05, 4.69) is 22.4 Å². The molecule has 4 nitrogen and oxygen atoms in total. The van der Waals surface area contributed by atoms with Crippen LogP contribution in [0.3, 0.4) is 0 Å². The summed E-state index contributed by atoms with van der Waals surface area (Å²) >= 11 is 1.58. The van der Waals surface area contributed by atoms with Crippen LogP contribution in [0.5, 0.6) is 11.5 Å². The Balaban J connectivity index is 1.77. The fraction of sp³-hybridized carbons (Fsp3) is 0.211. The predicted octanol–water partition coefficient (Wildman–Crippen LogP) is 4.73. The van der Waals surface area contributed by atoms with Gasteiger partial charge in [-0.15, -0.1) is 11.3 Å². The van der Waals surface area contributed by atoms with Gasteiger partial charge in [-0.05, 0) is 18.6 Å². The minimum Gasteiger partial charge on any atom is -0.490 e. The average Bonchev–Trinajstić information content (AvgIpc) is 3.14. The summed E-state index contributed by atoms with van der Waals surface area (Å²) in [6, 6.07) is 16.1. The molecule has 0 saturated heterocycles. The standard InChI is InChI=1S/C19H20N2O2S/c1-2-22-17-10-6-9-16(13-21-19-20-11-12-24-19)18(17)23-14-15-7-4-3-5-8-15/h3-12H,2,13-14H2,1H3,(H,20,21). The number of rotatable bonds is 8. The fourth-order valence-electron chi connectivity index (χ4n) is 2.34. The van der Waals surface area contributed by atoms with Crippen LogP contribution in [0.15, 0.2) is 60.1 Å². The molecule has 1 heterocycles. The number of hydrogen-bond donors (Lipinski definition) is 1. The number of ether oxygens (including phenoxy) is 2. The highest BCUT2D eigenvalue weighted by Gasteiger charge is 2.12. The topological polar surface area (TPSA) is 43.4 Å². The van der Waals surface area contributed by atoms with E-state index in [-0.39, 0.29) is 0 Å². The molecule has 1 aromatic heterocycles. The van der Waals surface area contributed by atoms with E-state index in [0.29, 0.717) is 19.8 Å². The van der Waals surface area contributed by atoms with Crippen molar-refractivity contribution in [1.29, 1.82) is 0 Å². The van der Waals surface area contributed by atoms with Gasteiger partial charge in [0.25, 0.3) is 0 Å². The van der Waals surface area contributed by atoms with Gasteiger partial charge in [0, 0.05) is 23.7 Å². The maximum atomic E-state index is 6.09. The molecule has 0 amide bonds. The molecule has 0 aliphatic carbocycles. The van der Waals surface area contributed by atoms with Crippen LogP contribution < -0.4 is 14.8 Å². The van der Waals surface area contributed by atoms with Gasteiger partial charge in [-0.3, -0.25) is 0 Å². The molecule has 0 unspecified atom stereocenters. The Morgan fingerprint density at radius 3 is 2.67 bits per heavy atom. The number of hydrogen-bond acceptors (Lipinski definition) is 5. The average molecular weight is 340 g/mol. The van der Waals surface area contributed by atoms with Crippen molar-refractivity contribution in [3.8, 4) is 11.5 Å². The number of aromatic nitrogens is 1. The van der Waals surface area contributed by atoms with Crippen molar-refractivity contribution < 1.29 is 9.47 Å². The normalized spacial score (nSPS) is 10.4. The Kier molecular flexibility index (Phi) is 5.69. The number of thiazole rings is 1. The van der Waals surface area contributed by atoms with Crippen LogP contribution in [0.2, 0.25) is 0 Å². The zero-order valence-electron chi connectivity index (χ0n) is 13.6. The second-order valence-electron chi connectivity index (χ2n) is 5.14. The summed E-state index contributed by atoms with van der Waals surface area (Å²) < 4.78 is 11.8. The summed E-state index contributed by atoms with van der Waals surface area (Å²) in [5, 5.41) is 6.17. The number of nitrogens with one attached hydrogen (secondary N) is 1. The Labute approximate surface area is 146 Å². The Hall–Kier alpha value is -2.53. The number of para-hydroxylation sites is 1. The Bertz CT molecular complexity index is 745. The lowest BCUT2D eigenvalue weighted by molar-refractivity contribution is 0.267. The molecule has 5 heteroatoms. The second kappa shape index (κ2) is 8.36. The van der Waals surface area contributed by atoms with E-state index in [9.17, 15) is 0 Å². The quantitative estimate of drug-likeness (QED) is 0.643. The summed E-state index contributed by atoms with van der Waals surface area (Å²) in [5.74, 6) is 1.55. The van der Waals surface area contributed by atoms with Crippen molar-refractivity contribution in [3.05, 3.63) is 71.2 Å². The predicted molar refractivity (Wildman–Crippen MR) is 97.8 cm³/mol. The van der Waals surface area contributed by atoms with Gasteiger partial charge in [0.05, 0.1) is 6.61 Å². The molecular weight excluding hydrogens is 320 g/mol. The van der Waals surface area contributed by atoms with Gasteiger partial charge in [0.1, 0.15) is 6.61 Å². The molecule has 0 bridgehead atoms. The molecular formula is C19H20N2O2S. The first-order valence-corrected chi connectivity index (χ1v) is 8.79. The third-order valence-corrected chi connectivity index (χ3v) is 4.18. The third-order valence-electron chi connectivity index (χ3n) is 3.45. The van der Waals surface area contributed by atoms with Crippen molar-refractivity contribution in [2.24, 2.45) is 0 Å². The molecule has 0 aliphatic heterocycles. The summed E-state index contributed by atoms with van der Waals surface area (Å²) in [7, 11) is 0. The zero-order chi connectivity index (χ0) is 16.6. The maximum absolute atomic E-state index is 6.09. The first-order chi connectivity index (χ1) is 11.9. The minimum absolute atomic E-state index is 0.509. The minimum atomic E-state index is 0.509. The molecule has 0 aliphatic rings. The molecule has 0 spiro atoms. The van der Waals surface area contributed by atoms with Crippen LogP contribution in [0.4, 0.5) is 5.13 Å². The number of benzene rings is 2. The highest BCUT2D eigenvalue weighted by molar-refractivity contribution is 7.13. The molecule has 0 fully saturated rings. The maximum Gasteiger partial charge on any atom is 0.182 e. The highest BCUT2D eigenvalue weighted by Crippen LogP contribution is 2.32. The van der Waals surface area contributed by atoms with Crippen LogP contribution in [0, 0.1) is 0 Å². The van der Waals surface area contributed by atoms with E-state index >= 15 is 0 Å². The number of nitrogens with zero attached hydrogens (tertiary/aromatic N) is 1. The van der Waals surface area contributed by atoms with Gasteiger partial charge in [-0.2, -0.15) is 0 Å². The van der Waals surface area contributed by atoms with E-state index in [1.807, 2.05) is 48.7 Å². The van der Waals surface area contributed by atoms with E-state index in [4.69, 9.17) is 9.47 Å². The Morgan fingerprint density at radius 1 is 1.04 bits per heavy atom. The smallest absolute Gasteiger partial charge is 0.182 e. The van der Waals surface area contributed by atoms with E-state index in [0.717, 1.165) is 27.8 Å². The van der Waals surface area contributed by atoms with Crippen molar-refractivity contribution in [2.75, 3.05) is 11.9 Å². The molecule has 2 aromatic carbocycles. The van der Waals surface area contributed by atoms with Crippen LogP contribution in [-0.4, -0.2) is 11.6 Å². The van der Waals surface area contributed by atoms with Gasteiger partial charge in [-0.25, -0.2) is 4.98 Å². The van der Waals surface area contributed by atoms with Crippen LogP contribution in [0.1, 0.15) is 18.1 Å². The van der Waals surface area contributed by atoms with Crippen LogP contribution >= 0.6 is 11.3 Å². The lowest BCUT2D eigenvalue weighted by Crippen LogP contribution is -2.06. The van der Waals surface area contributed by atoms with Gasteiger partial charge in [0.2, 0.25) is 0 Å². The molecule has 24 heavy (non-hydrogen) atoms. The van der Waals surface area contributed by atoms with Crippen molar-refractivity contribution in [1.82, 2.24) is 4.98 Å². The third kappa shape index (κ3) is 4.26.